The smallest absolute Gasteiger partial charge is 0.333 e. The summed E-state index contributed by atoms with van der Waals surface area (Å²) in [6.45, 7) is 6.16. The number of hydrogen-bond donors (Lipinski definition) is 1. The average Bonchev–Trinajstić information content (AvgIpc) is 2.42. The topological polar surface area (TPSA) is 46.5 Å². The van der Waals surface area contributed by atoms with E-state index in [-0.39, 0.29) is 12.1 Å². The van der Waals surface area contributed by atoms with Gasteiger partial charge in [0, 0.05) is 5.57 Å². The predicted octanol–water partition coefficient (Wildman–Crippen LogP) is 4.00. The molecule has 0 amide bonds. The van der Waals surface area contributed by atoms with Gasteiger partial charge in [-0.25, -0.2) is 4.79 Å². The second-order valence-corrected chi connectivity index (χ2v) is 5.11. The zero-order chi connectivity index (χ0) is 14.5. The Bertz CT molecular complexity index is 259. The quantitative estimate of drug-likeness (QED) is 0.351. The molecule has 3 heteroatoms. The van der Waals surface area contributed by atoms with Crippen molar-refractivity contribution >= 4 is 5.97 Å². The first-order valence-electron chi connectivity index (χ1n) is 7.59. The Hall–Kier alpha value is -0.830. The van der Waals surface area contributed by atoms with Gasteiger partial charge >= 0.3 is 5.97 Å². The standard InChI is InChI=1S/C16H30O3/c1-4-6-7-8-9-11-15(17)12-10-13-19-16(18)14(3)5-2/h5,15,17H,4,6-13H2,1-3H3. The zero-order valence-electron chi connectivity index (χ0n) is 12.8. The van der Waals surface area contributed by atoms with E-state index in [1.54, 1.807) is 13.0 Å². The summed E-state index contributed by atoms with van der Waals surface area (Å²) in [5, 5.41) is 9.77. The molecule has 0 aliphatic carbocycles. The molecule has 0 saturated carbocycles. The highest BCUT2D eigenvalue weighted by Gasteiger charge is 2.06. The Morgan fingerprint density at radius 1 is 1.16 bits per heavy atom. The number of esters is 1. The number of aliphatic hydroxyl groups is 1. The summed E-state index contributed by atoms with van der Waals surface area (Å²) in [5.41, 5.74) is 0.636. The second-order valence-electron chi connectivity index (χ2n) is 5.11. The van der Waals surface area contributed by atoms with Gasteiger partial charge in [-0.05, 0) is 33.1 Å². The third-order valence-corrected chi connectivity index (χ3v) is 3.31. The highest BCUT2D eigenvalue weighted by molar-refractivity contribution is 5.87. The summed E-state index contributed by atoms with van der Waals surface area (Å²) in [5.74, 6) is -0.253. The number of rotatable bonds is 11. The molecule has 19 heavy (non-hydrogen) atoms. The summed E-state index contributed by atoms with van der Waals surface area (Å²) in [7, 11) is 0. The van der Waals surface area contributed by atoms with Crippen LogP contribution in [0.25, 0.3) is 0 Å². The normalized spacial score (nSPS) is 13.4. The minimum Gasteiger partial charge on any atom is -0.462 e. The average molecular weight is 270 g/mol. The van der Waals surface area contributed by atoms with Gasteiger partial charge < -0.3 is 9.84 Å². The van der Waals surface area contributed by atoms with Crippen molar-refractivity contribution in [3.63, 3.8) is 0 Å². The Balaban J connectivity index is 3.43. The Kier molecular flexibility index (Phi) is 11.7. The van der Waals surface area contributed by atoms with Gasteiger partial charge in [-0.2, -0.15) is 0 Å². The maximum Gasteiger partial charge on any atom is 0.333 e. The molecule has 0 bridgehead atoms. The van der Waals surface area contributed by atoms with Gasteiger partial charge in [0.2, 0.25) is 0 Å². The number of hydrogen-bond acceptors (Lipinski definition) is 3. The van der Waals surface area contributed by atoms with Crippen molar-refractivity contribution in [2.75, 3.05) is 6.61 Å². The molecule has 112 valence electrons. The lowest BCUT2D eigenvalue weighted by Crippen LogP contribution is -2.11. The molecule has 0 radical (unpaired) electrons. The van der Waals surface area contributed by atoms with Crippen LogP contribution in [0, 0.1) is 0 Å². The summed E-state index contributed by atoms with van der Waals surface area (Å²) in [6, 6.07) is 0. The van der Waals surface area contributed by atoms with Crippen molar-refractivity contribution < 1.29 is 14.6 Å². The highest BCUT2D eigenvalue weighted by atomic mass is 16.5. The van der Waals surface area contributed by atoms with Crippen LogP contribution >= 0.6 is 0 Å². The van der Waals surface area contributed by atoms with Gasteiger partial charge in [-0.15, -0.1) is 0 Å². The first kappa shape index (κ1) is 18.2. The molecule has 0 heterocycles. The van der Waals surface area contributed by atoms with Crippen molar-refractivity contribution in [3.05, 3.63) is 11.6 Å². The minimum atomic E-state index is -0.253. The van der Waals surface area contributed by atoms with E-state index in [9.17, 15) is 9.90 Å². The molecule has 1 N–H and O–H groups in total. The van der Waals surface area contributed by atoms with Crippen molar-refractivity contribution in [1.82, 2.24) is 0 Å². The maximum absolute atomic E-state index is 11.3. The van der Waals surface area contributed by atoms with Crippen LogP contribution in [-0.4, -0.2) is 23.8 Å². The molecule has 0 fully saturated rings. The van der Waals surface area contributed by atoms with Crippen molar-refractivity contribution in [3.8, 4) is 0 Å². The molecule has 0 aromatic carbocycles. The van der Waals surface area contributed by atoms with E-state index in [1.807, 2.05) is 6.92 Å². The van der Waals surface area contributed by atoms with Crippen molar-refractivity contribution in [1.29, 1.82) is 0 Å². The van der Waals surface area contributed by atoms with Crippen LogP contribution in [0.2, 0.25) is 0 Å². The minimum absolute atomic E-state index is 0.247. The summed E-state index contributed by atoms with van der Waals surface area (Å²) >= 11 is 0. The number of carbonyl (C=O) groups excluding carboxylic acids is 1. The van der Waals surface area contributed by atoms with Gasteiger partial charge in [0.25, 0.3) is 0 Å². The molecular formula is C16H30O3. The Morgan fingerprint density at radius 3 is 2.42 bits per heavy atom. The first-order valence-corrected chi connectivity index (χ1v) is 7.59. The van der Waals surface area contributed by atoms with E-state index in [0.717, 1.165) is 25.7 Å². The van der Waals surface area contributed by atoms with Gasteiger partial charge in [0.05, 0.1) is 12.7 Å². The van der Waals surface area contributed by atoms with E-state index < -0.39 is 0 Å². The highest BCUT2D eigenvalue weighted by Crippen LogP contribution is 2.10. The monoisotopic (exact) mass is 270 g/mol. The SMILES string of the molecule is CC=C(C)C(=O)OCCCC(O)CCCCCCC. The molecule has 0 rings (SSSR count). The van der Waals surface area contributed by atoms with Crippen LogP contribution in [0.1, 0.15) is 72.1 Å². The third kappa shape index (κ3) is 10.8. The molecule has 1 atom stereocenters. The van der Waals surface area contributed by atoms with Crippen LogP contribution in [0.4, 0.5) is 0 Å². The molecular weight excluding hydrogens is 240 g/mol. The molecule has 0 spiro atoms. The molecule has 0 aromatic heterocycles. The van der Waals surface area contributed by atoms with Crippen molar-refractivity contribution in [2.24, 2.45) is 0 Å². The fourth-order valence-corrected chi connectivity index (χ4v) is 1.84. The Morgan fingerprint density at radius 2 is 1.79 bits per heavy atom. The van der Waals surface area contributed by atoms with Gasteiger partial charge in [-0.1, -0.05) is 45.1 Å². The largest absolute Gasteiger partial charge is 0.462 e. The van der Waals surface area contributed by atoms with Crippen LogP contribution in [-0.2, 0) is 9.53 Å². The number of allylic oxidation sites excluding steroid dienone is 1. The van der Waals surface area contributed by atoms with E-state index in [0.29, 0.717) is 12.2 Å². The molecule has 0 aliphatic rings. The van der Waals surface area contributed by atoms with Crippen LogP contribution in [0.15, 0.2) is 11.6 Å². The summed E-state index contributed by atoms with van der Waals surface area (Å²) < 4.78 is 5.08. The lowest BCUT2D eigenvalue weighted by molar-refractivity contribution is -0.139. The lowest BCUT2D eigenvalue weighted by atomic mass is 10.1. The molecule has 3 nitrogen and oxygen atoms in total. The predicted molar refractivity (Wildman–Crippen MR) is 79.0 cm³/mol. The van der Waals surface area contributed by atoms with Crippen LogP contribution in [0.5, 0.6) is 0 Å². The van der Waals surface area contributed by atoms with E-state index in [1.165, 1.54) is 25.7 Å². The summed E-state index contributed by atoms with van der Waals surface area (Å²) in [4.78, 5) is 11.3. The summed E-state index contributed by atoms with van der Waals surface area (Å²) in [6.07, 6.45) is 9.93. The lowest BCUT2D eigenvalue weighted by Gasteiger charge is -2.10. The van der Waals surface area contributed by atoms with E-state index in [2.05, 4.69) is 6.92 Å². The second kappa shape index (κ2) is 12.2. The molecule has 0 aromatic rings. The zero-order valence-corrected chi connectivity index (χ0v) is 12.8. The van der Waals surface area contributed by atoms with Gasteiger partial charge in [0.1, 0.15) is 0 Å². The number of ether oxygens (including phenoxy) is 1. The van der Waals surface area contributed by atoms with Gasteiger partial charge in [-0.3, -0.25) is 0 Å². The van der Waals surface area contributed by atoms with E-state index in [4.69, 9.17) is 4.74 Å². The first-order chi connectivity index (χ1) is 9.11. The fraction of sp³-hybridized carbons (Fsp3) is 0.812. The van der Waals surface area contributed by atoms with Crippen molar-refractivity contribution in [2.45, 2.75) is 78.2 Å². The molecule has 0 saturated heterocycles. The number of carbonyl (C=O) groups is 1. The third-order valence-electron chi connectivity index (χ3n) is 3.31. The molecule has 1 unspecified atom stereocenters. The Labute approximate surface area is 118 Å². The van der Waals surface area contributed by atoms with E-state index >= 15 is 0 Å². The van der Waals surface area contributed by atoms with Gasteiger partial charge in [0.15, 0.2) is 0 Å². The number of unbranched alkanes of at least 4 members (excludes halogenated alkanes) is 4. The maximum atomic E-state index is 11.3. The fourth-order valence-electron chi connectivity index (χ4n) is 1.84. The number of aliphatic hydroxyl groups excluding tert-OH is 1. The van der Waals surface area contributed by atoms with Crippen LogP contribution < -0.4 is 0 Å². The van der Waals surface area contributed by atoms with Crippen LogP contribution in [0.3, 0.4) is 0 Å². The molecule has 0 aliphatic heterocycles.